The smallest absolute Gasteiger partial charge is 0.234 e. The molecule has 30 heavy (non-hydrogen) atoms. The van der Waals surface area contributed by atoms with E-state index in [2.05, 4.69) is 73.4 Å². The molecule has 1 aromatic carbocycles. The molecule has 0 saturated carbocycles. The number of fused-ring (bicyclic) bond motifs is 3. The lowest BCUT2D eigenvalue weighted by Gasteiger charge is -2.48. The van der Waals surface area contributed by atoms with Crippen LogP contribution < -0.4 is 15.0 Å². The highest BCUT2D eigenvalue weighted by atomic mass is 32.1. The van der Waals surface area contributed by atoms with Crippen LogP contribution in [0.1, 0.15) is 46.1 Å². The minimum atomic E-state index is 0.101. The maximum atomic E-state index is 6.05. The van der Waals surface area contributed by atoms with Gasteiger partial charge in [0, 0.05) is 41.5 Å². The summed E-state index contributed by atoms with van der Waals surface area (Å²) in [5.41, 5.74) is 4.66. The number of rotatable bonds is 3. The molecule has 5 rings (SSSR count). The monoisotopic (exact) mass is 423 g/mol. The third kappa shape index (κ3) is 3.50. The Morgan fingerprint density at radius 3 is 2.60 bits per heavy atom. The number of H-pyrrole nitrogens is 1. The fraction of sp³-hybridized carbons (Fsp3) is 0.478. The molecule has 0 unspecified atom stereocenters. The Morgan fingerprint density at radius 2 is 1.90 bits per heavy atom. The zero-order chi connectivity index (χ0) is 21.1. The van der Waals surface area contributed by atoms with Gasteiger partial charge < -0.3 is 15.0 Å². The van der Waals surface area contributed by atoms with Crippen LogP contribution >= 0.6 is 11.3 Å². The molecule has 6 nitrogen and oxygen atoms in total. The van der Waals surface area contributed by atoms with Gasteiger partial charge in [-0.2, -0.15) is 10.1 Å². The maximum Gasteiger partial charge on any atom is 0.234 e. The number of piperidine rings is 1. The number of ether oxygens (including phenoxy) is 1. The summed E-state index contributed by atoms with van der Waals surface area (Å²) in [6, 6.07) is 8.91. The fourth-order valence-corrected chi connectivity index (χ4v) is 6.18. The lowest BCUT2D eigenvalue weighted by molar-refractivity contribution is 0.161. The van der Waals surface area contributed by atoms with E-state index in [-0.39, 0.29) is 11.1 Å². The van der Waals surface area contributed by atoms with Crippen molar-refractivity contribution in [3.63, 3.8) is 0 Å². The third-order valence-corrected chi connectivity index (χ3v) is 7.27. The highest BCUT2D eigenvalue weighted by Gasteiger charge is 2.40. The molecule has 3 aromatic rings. The summed E-state index contributed by atoms with van der Waals surface area (Å²) in [6.45, 7) is 9.70. The highest BCUT2D eigenvalue weighted by Crippen LogP contribution is 2.46. The van der Waals surface area contributed by atoms with E-state index in [0.717, 1.165) is 40.0 Å². The van der Waals surface area contributed by atoms with E-state index < -0.39 is 0 Å². The molecule has 1 fully saturated rings. The minimum Gasteiger partial charge on any atom is -0.472 e. The second-order valence-corrected chi connectivity index (χ2v) is 10.8. The van der Waals surface area contributed by atoms with E-state index in [1.165, 1.54) is 11.1 Å². The van der Waals surface area contributed by atoms with Gasteiger partial charge in [0.05, 0.1) is 5.69 Å². The average Bonchev–Trinajstić information content (AvgIpc) is 3.34. The molecule has 7 heteroatoms. The van der Waals surface area contributed by atoms with Gasteiger partial charge in [0.2, 0.25) is 5.88 Å². The van der Waals surface area contributed by atoms with Crippen LogP contribution in [0.3, 0.4) is 0 Å². The molecule has 0 atom stereocenters. The summed E-state index contributed by atoms with van der Waals surface area (Å²) >= 11 is 1.73. The van der Waals surface area contributed by atoms with Crippen LogP contribution in [0, 0.1) is 0 Å². The predicted octanol–water partition coefficient (Wildman–Crippen LogP) is 4.84. The Bertz CT molecular complexity index is 1050. The third-order valence-electron chi connectivity index (χ3n) is 6.11. The van der Waals surface area contributed by atoms with Crippen LogP contribution in [0.4, 0.5) is 5.13 Å². The number of benzene rings is 1. The predicted molar refractivity (Wildman–Crippen MR) is 122 cm³/mol. The summed E-state index contributed by atoms with van der Waals surface area (Å²) in [5, 5.41) is 12.0. The van der Waals surface area contributed by atoms with E-state index >= 15 is 0 Å². The van der Waals surface area contributed by atoms with E-state index in [4.69, 9.17) is 9.72 Å². The summed E-state index contributed by atoms with van der Waals surface area (Å²) in [6.07, 6.45) is 4.02. The van der Waals surface area contributed by atoms with Crippen LogP contribution in [0.15, 0.2) is 30.5 Å². The van der Waals surface area contributed by atoms with Crippen molar-refractivity contribution in [1.29, 1.82) is 0 Å². The average molecular weight is 424 g/mol. The van der Waals surface area contributed by atoms with E-state index in [0.29, 0.717) is 12.6 Å². The minimum absolute atomic E-state index is 0.101. The first-order chi connectivity index (χ1) is 14.2. The number of nitrogens with zero attached hydrogens (tertiary/aromatic N) is 3. The van der Waals surface area contributed by atoms with Gasteiger partial charge in [0.25, 0.3) is 0 Å². The van der Waals surface area contributed by atoms with E-state index in [1.54, 1.807) is 11.3 Å². The first-order valence-electron chi connectivity index (χ1n) is 10.5. The molecule has 2 aliphatic heterocycles. The lowest BCUT2D eigenvalue weighted by Crippen LogP contribution is -2.61. The largest absolute Gasteiger partial charge is 0.472 e. The lowest BCUT2D eigenvalue weighted by atomic mass is 9.79. The van der Waals surface area contributed by atoms with Gasteiger partial charge in [-0.1, -0.05) is 23.5 Å². The second kappa shape index (κ2) is 6.82. The second-order valence-electron chi connectivity index (χ2n) is 9.82. The SMILES string of the molecule is CN(c1nc2c(s1)-c1ccc(-c3cc[nH]n3)cc1CO2)C1CC(C)(C)NC(C)(C)C1. The van der Waals surface area contributed by atoms with Gasteiger partial charge in [0.15, 0.2) is 5.13 Å². The van der Waals surface area contributed by atoms with Crippen molar-refractivity contribution in [3.05, 3.63) is 36.0 Å². The Morgan fingerprint density at radius 1 is 1.13 bits per heavy atom. The topological polar surface area (TPSA) is 66.1 Å². The van der Waals surface area contributed by atoms with Gasteiger partial charge >= 0.3 is 0 Å². The normalized spacial score (nSPS) is 19.6. The first-order valence-corrected chi connectivity index (χ1v) is 11.3. The van der Waals surface area contributed by atoms with E-state index in [9.17, 15) is 0 Å². The van der Waals surface area contributed by atoms with Crippen LogP contribution in [-0.2, 0) is 6.61 Å². The number of nitrogens with one attached hydrogen (secondary N) is 2. The molecule has 158 valence electrons. The molecule has 0 aliphatic carbocycles. The molecular weight excluding hydrogens is 394 g/mol. The van der Waals surface area contributed by atoms with Crippen LogP contribution in [0.25, 0.3) is 21.7 Å². The van der Waals surface area contributed by atoms with Crippen molar-refractivity contribution in [2.75, 3.05) is 11.9 Å². The molecule has 0 radical (unpaired) electrons. The van der Waals surface area contributed by atoms with Gasteiger partial charge in [-0.3, -0.25) is 5.10 Å². The number of anilines is 1. The summed E-state index contributed by atoms with van der Waals surface area (Å²) in [4.78, 5) is 8.36. The number of aromatic amines is 1. The Kier molecular flexibility index (Phi) is 4.45. The van der Waals surface area contributed by atoms with Crippen LogP contribution in [0.2, 0.25) is 0 Å². The number of thiazole rings is 1. The zero-order valence-electron chi connectivity index (χ0n) is 18.2. The highest BCUT2D eigenvalue weighted by molar-refractivity contribution is 7.19. The van der Waals surface area contributed by atoms with E-state index in [1.807, 2.05) is 12.3 Å². The molecule has 0 spiro atoms. The zero-order valence-corrected chi connectivity index (χ0v) is 19.1. The van der Waals surface area contributed by atoms with Crippen LogP contribution in [0.5, 0.6) is 5.88 Å². The molecule has 0 bridgehead atoms. The molecule has 1 saturated heterocycles. The molecule has 4 heterocycles. The van der Waals surface area contributed by atoms with Gasteiger partial charge in [0.1, 0.15) is 11.5 Å². The number of hydrogen-bond donors (Lipinski definition) is 2. The van der Waals surface area contributed by atoms with Crippen molar-refractivity contribution in [2.24, 2.45) is 0 Å². The molecule has 2 N–H and O–H groups in total. The molecule has 2 aliphatic rings. The summed E-state index contributed by atoms with van der Waals surface area (Å²) < 4.78 is 6.05. The van der Waals surface area contributed by atoms with Crippen LogP contribution in [-0.4, -0.2) is 39.3 Å². The maximum absolute atomic E-state index is 6.05. The quantitative estimate of drug-likeness (QED) is 0.631. The van der Waals surface area contributed by atoms with Gasteiger partial charge in [-0.15, -0.1) is 0 Å². The number of aromatic nitrogens is 3. The Balaban J connectivity index is 1.45. The molecule has 0 amide bonds. The Hall–Kier alpha value is -2.38. The number of hydrogen-bond acceptors (Lipinski definition) is 6. The summed E-state index contributed by atoms with van der Waals surface area (Å²) in [5.74, 6) is 0.759. The first kappa shape index (κ1) is 19.6. The van der Waals surface area contributed by atoms with Crippen molar-refractivity contribution in [3.8, 4) is 27.6 Å². The van der Waals surface area contributed by atoms with Crippen molar-refractivity contribution < 1.29 is 4.74 Å². The molecule has 2 aromatic heterocycles. The van der Waals surface area contributed by atoms with Gasteiger partial charge in [-0.25, -0.2) is 0 Å². The standard InChI is InChI=1S/C23H29N5OS/c1-22(2)11-16(12-23(3,4)27-22)28(5)21-25-20-19(30-21)17-7-6-14(10-15(17)13-29-20)18-8-9-24-26-18/h6-10,16,27H,11-13H2,1-5H3,(H,24,26). The van der Waals surface area contributed by atoms with Crippen molar-refractivity contribution >= 4 is 16.5 Å². The van der Waals surface area contributed by atoms with Crippen molar-refractivity contribution in [1.82, 2.24) is 20.5 Å². The Labute approximate surface area is 181 Å². The fourth-order valence-electron chi connectivity index (χ4n) is 5.07. The van der Waals surface area contributed by atoms with Gasteiger partial charge in [-0.05, 0) is 58.2 Å². The molecular formula is C23H29N5OS. The van der Waals surface area contributed by atoms with Crippen molar-refractivity contribution in [2.45, 2.75) is 64.3 Å². The summed E-state index contributed by atoms with van der Waals surface area (Å²) in [7, 11) is 2.17.